The number of benzene rings is 7. The fraction of sp³-hybridized carbons (Fsp3) is 0. The van der Waals surface area contributed by atoms with Gasteiger partial charge in [0.15, 0.2) is 17.5 Å². The van der Waals surface area contributed by atoms with E-state index in [9.17, 15) is 5.26 Å². The number of aromatic nitrogens is 4. The molecule has 0 aliphatic heterocycles. The Bertz CT molecular complexity index is 2690. The van der Waals surface area contributed by atoms with Gasteiger partial charge in [0.05, 0.1) is 28.4 Å². The van der Waals surface area contributed by atoms with Crippen LogP contribution in [0.2, 0.25) is 0 Å². The second kappa shape index (κ2) is 12.7. The molecule has 0 saturated heterocycles. The monoisotopic (exact) mass is 651 g/mol. The Morgan fingerprint density at radius 2 is 0.863 bits per heavy atom. The number of hydrogen-bond donors (Lipinski definition) is 0. The maximum Gasteiger partial charge on any atom is 0.166 e. The zero-order valence-corrected chi connectivity index (χ0v) is 27.5. The second-order valence-electron chi connectivity index (χ2n) is 12.4. The predicted molar refractivity (Wildman–Crippen MR) is 206 cm³/mol. The zero-order chi connectivity index (χ0) is 34.1. The highest BCUT2D eigenvalue weighted by Gasteiger charge is 2.20. The topological polar surface area (TPSA) is 67.4 Å². The molecule has 0 aliphatic rings. The molecule has 0 bridgehead atoms. The summed E-state index contributed by atoms with van der Waals surface area (Å²) in [6, 6.07) is 62.2. The second-order valence-corrected chi connectivity index (χ2v) is 12.4. The molecule has 0 N–H and O–H groups in total. The lowest BCUT2D eigenvalue weighted by Crippen LogP contribution is -2.04. The van der Waals surface area contributed by atoms with Crippen molar-refractivity contribution >= 4 is 21.8 Å². The van der Waals surface area contributed by atoms with Gasteiger partial charge in [0.1, 0.15) is 0 Å². The molecule has 5 nitrogen and oxygen atoms in total. The molecule has 9 aromatic rings. The summed E-state index contributed by atoms with van der Waals surface area (Å²) < 4.78 is 2.34. The molecular weight excluding hydrogens is 623 g/mol. The molecule has 2 aromatic heterocycles. The van der Waals surface area contributed by atoms with Crippen LogP contribution < -0.4 is 0 Å². The van der Waals surface area contributed by atoms with Crippen LogP contribution in [0.15, 0.2) is 176 Å². The summed E-state index contributed by atoms with van der Waals surface area (Å²) in [5, 5.41) is 11.8. The lowest BCUT2D eigenvalue weighted by molar-refractivity contribution is 1.06. The van der Waals surface area contributed by atoms with Crippen molar-refractivity contribution in [1.29, 1.82) is 5.26 Å². The highest BCUT2D eigenvalue weighted by molar-refractivity contribution is 6.09. The molecule has 0 aliphatic carbocycles. The minimum Gasteiger partial charge on any atom is -0.308 e. The Hall–Kier alpha value is -7.16. The number of nitrogens with zero attached hydrogens (tertiary/aromatic N) is 5. The van der Waals surface area contributed by atoms with Gasteiger partial charge in [0.25, 0.3) is 0 Å². The van der Waals surface area contributed by atoms with E-state index in [2.05, 4.69) is 114 Å². The van der Waals surface area contributed by atoms with Crippen molar-refractivity contribution in [2.45, 2.75) is 0 Å². The molecule has 0 amide bonds. The lowest BCUT2D eigenvalue weighted by atomic mass is 10.0. The summed E-state index contributed by atoms with van der Waals surface area (Å²) >= 11 is 0. The van der Waals surface area contributed by atoms with E-state index in [-0.39, 0.29) is 0 Å². The normalized spacial score (nSPS) is 11.1. The minimum atomic E-state index is 0.580. The van der Waals surface area contributed by atoms with E-state index < -0.39 is 0 Å². The largest absolute Gasteiger partial charge is 0.308 e. The summed E-state index contributed by atoms with van der Waals surface area (Å²) in [6.45, 7) is 0. The van der Waals surface area contributed by atoms with Gasteiger partial charge >= 0.3 is 0 Å². The van der Waals surface area contributed by atoms with Gasteiger partial charge in [-0.25, -0.2) is 15.0 Å². The van der Waals surface area contributed by atoms with Crippen molar-refractivity contribution < 1.29 is 0 Å². The van der Waals surface area contributed by atoms with Crippen LogP contribution in [0, 0.1) is 11.3 Å². The van der Waals surface area contributed by atoms with Crippen molar-refractivity contribution in [3.8, 4) is 68.2 Å². The molecule has 0 unspecified atom stereocenters. The third-order valence-corrected chi connectivity index (χ3v) is 9.30. The molecule has 5 heteroatoms. The van der Waals surface area contributed by atoms with Crippen molar-refractivity contribution in [3.05, 3.63) is 181 Å². The van der Waals surface area contributed by atoms with Crippen LogP contribution in [0.4, 0.5) is 0 Å². The first kappa shape index (κ1) is 29.9. The lowest BCUT2D eigenvalue weighted by Gasteiger charge is -2.16. The first-order chi connectivity index (χ1) is 25.2. The molecule has 51 heavy (non-hydrogen) atoms. The van der Waals surface area contributed by atoms with E-state index in [1.807, 2.05) is 72.8 Å². The summed E-state index contributed by atoms with van der Waals surface area (Å²) in [7, 11) is 0. The third-order valence-electron chi connectivity index (χ3n) is 9.30. The minimum absolute atomic E-state index is 0.580. The first-order valence-corrected chi connectivity index (χ1v) is 16.8. The standard InChI is InChI=1S/C46H29N5/c47-30-31-12-11-17-36(28-31)33-22-24-35(25-23-33)45-48-44(34-15-5-2-6-16-34)49-46(50-45)40-27-26-37(32-13-3-1-4-14-32)29-43(40)51-41-20-9-7-18-38(41)39-19-8-10-21-42(39)51/h1-29H. The van der Waals surface area contributed by atoms with Gasteiger partial charge in [-0.2, -0.15) is 5.26 Å². The van der Waals surface area contributed by atoms with Crippen LogP contribution >= 0.6 is 0 Å². The van der Waals surface area contributed by atoms with E-state index in [4.69, 9.17) is 15.0 Å². The van der Waals surface area contributed by atoms with Crippen molar-refractivity contribution in [2.75, 3.05) is 0 Å². The molecule has 0 fully saturated rings. The van der Waals surface area contributed by atoms with Crippen LogP contribution in [0.3, 0.4) is 0 Å². The Morgan fingerprint density at radius 1 is 0.392 bits per heavy atom. The third kappa shape index (κ3) is 5.51. The Labute approximate surface area is 295 Å². The van der Waals surface area contributed by atoms with Crippen molar-refractivity contribution in [2.24, 2.45) is 0 Å². The fourth-order valence-electron chi connectivity index (χ4n) is 6.82. The highest BCUT2D eigenvalue weighted by atomic mass is 15.1. The van der Waals surface area contributed by atoms with Gasteiger partial charge in [-0.3, -0.25) is 0 Å². The van der Waals surface area contributed by atoms with Gasteiger partial charge in [-0.1, -0.05) is 140 Å². The number of para-hydroxylation sites is 2. The highest BCUT2D eigenvalue weighted by Crippen LogP contribution is 2.38. The van der Waals surface area contributed by atoms with Crippen molar-refractivity contribution in [3.63, 3.8) is 0 Å². The molecule has 0 spiro atoms. The zero-order valence-electron chi connectivity index (χ0n) is 27.5. The van der Waals surface area contributed by atoms with Gasteiger partial charge < -0.3 is 4.57 Å². The van der Waals surface area contributed by atoms with Crippen LogP contribution in [0.5, 0.6) is 0 Å². The smallest absolute Gasteiger partial charge is 0.166 e. The van der Waals surface area contributed by atoms with Crippen LogP contribution in [-0.4, -0.2) is 19.5 Å². The molecule has 0 radical (unpaired) electrons. The summed E-state index contributed by atoms with van der Waals surface area (Å²) in [5.41, 5.74) is 10.7. The molecular formula is C46H29N5. The van der Waals surface area contributed by atoms with E-state index >= 15 is 0 Å². The molecule has 0 atom stereocenters. The number of hydrogen-bond acceptors (Lipinski definition) is 4. The van der Waals surface area contributed by atoms with Gasteiger partial charge in [-0.05, 0) is 58.7 Å². The van der Waals surface area contributed by atoms with E-state index in [0.717, 1.165) is 55.7 Å². The summed E-state index contributed by atoms with van der Waals surface area (Å²) in [6.07, 6.45) is 0. The maximum atomic E-state index is 9.42. The van der Waals surface area contributed by atoms with Gasteiger partial charge in [0.2, 0.25) is 0 Å². The van der Waals surface area contributed by atoms with E-state index in [1.54, 1.807) is 0 Å². The Kier molecular flexibility index (Phi) is 7.46. The number of fused-ring (bicyclic) bond motifs is 3. The van der Waals surface area contributed by atoms with E-state index in [0.29, 0.717) is 23.0 Å². The molecule has 2 heterocycles. The maximum absolute atomic E-state index is 9.42. The molecule has 9 rings (SSSR count). The SMILES string of the molecule is N#Cc1cccc(-c2ccc(-c3nc(-c4ccccc4)nc(-c4ccc(-c5ccccc5)cc4-n4c5ccccc5c5ccccc54)n3)cc2)c1. The fourth-order valence-corrected chi connectivity index (χ4v) is 6.82. The summed E-state index contributed by atoms with van der Waals surface area (Å²) in [4.78, 5) is 15.3. The number of rotatable bonds is 6. The van der Waals surface area contributed by atoms with E-state index in [1.165, 1.54) is 10.8 Å². The van der Waals surface area contributed by atoms with Crippen LogP contribution in [0.1, 0.15) is 5.56 Å². The quantitative estimate of drug-likeness (QED) is 0.179. The average Bonchev–Trinajstić information content (AvgIpc) is 3.55. The van der Waals surface area contributed by atoms with Crippen molar-refractivity contribution in [1.82, 2.24) is 19.5 Å². The predicted octanol–water partition coefficient (Wildman–Crippen LogP) is 11.2. The number of nitriles is 1. The first-order valence-electron chi connectivity index (χ1n) is 16.8. The van der Waals surface area contributed by atoms with Crippen LogP contribution in [-0.2, 0) is 0 Å². The average molecular weight is 652 g/mol. The Balaban J connectivity index is 1.27. The van der Waals surface area contributed by atoms with Crippen LogP contribution in [0.25, 0.3) is 83.9 Å². The molecule has 0 saturated carbocycles. The molecule has 7 aromatic carbocycles. The van der Waals surface area contributed by atoms with Gasteiger partial charge in [0, 0.05) is 27.5 Å². The molecule has 238 valence electrons. The van der Waals surface area contributed by atoms with Gasteiger partial charge in [-0.15, -0.1) is 0 Å². The summed E-state index contributed by atoms with van der Waals surface area (Å²) in [5.74, 6) is 1.76. The Morgan fingerprint density at radius 3 is 1.51 bits per heavy atom.